The fourth-order valence-corrected chi connectivity index (χ4v) is 1.69. The maximum Gasteiger partial charge on any atom is 0.221 e. The number of nitrogens with one attached hydrogen (secondary N) is 2. The van der Waals surface area contributed by atoms with Crippen molar-refractivity contribution in [3.05, 3.63) is 17.6 Å². The van der Waals surface area contributed by atoms with Crippen molar-refractivity contribution in [2.24, 2.45) is 0 Å². The summed E-state index contributed by atoms with van der Waals surface area (Å²) in [6.45, 7) is 10.7. The second-order valence-electron chi connectivity index (χ2n) is 5.46. The van der Waals surface area contributed by atoms with Crippen molar-refractivity contribution in [3.63, 3.8) is 0 Å². The van der Waals surface area contributed by atoms with Crippen molar-refractivity contribution in [3.8, 4) is 0 Å². The van der Waals surface area contributed by atoms with Crippen LogP contribution in [-0.4, -0.2) is 28.5 Å². The van der Waals surface area contributed by atoms with Gasteiger partial charge in [-0.1, -0.05) is 20.8 Å². The Morgan fingerprint density at radius 2 is 2.00 bits per heavy atom. The van der Waals surface area contributed by atoms with Gasteiger partial charge in [-0.25, -0.2) is 9.97 Å². The maximum atomic E-state index is 11.7. The Bertz CT molecular complexity index is 445. The molecular formula is C15H26N4O. The second-order valence-corrected chi connectivity index (χ2v) is 5.46. The van der Waals surface area contributed by atoms with Crippen LogP contribution in [0.2, 0.25) is 0 Å². The SMILES string of the molecule is CCC(C)NC(=O)CCNc1cc(C)nc(C(C)C)n1. The van der Waals surface area contributed by atoms with Crippen LogP contribution in [0, 0.1) is 6.92 Å². The smallest absolute Gasteiger partial charge is 0.221 e. The molecule has 0 radical (unpaired) electrons. The minimum Gasteiger partial charge on any atom is -0.369 e. The van der Waals surface area contributed by atoms with Gasteiger partial charge in [0.1, 0.15) is 11.6 Å². The first-order chi connectivity index (χ1) is 9.42. The van der Waals surface area contributed by atoms with E-state index in [-0.39, 0.29) is 11.9 Å². The standard InChI is InChI=1S/C15H26N4O/c1-6-11(4)17-14(20)7-8-16-13-9-12(5)18-15(19-13)10(2)3/h9-11H,6-8H2,1-5H3,(H,17,20)(H,16,18,19). The summed E-state index contributed by atoms with van der Waals surface area (Å²) < 4.78 is 0. The van der Waals surface area contributed by atoms with Crippen LogP contribution in [0.25, 0.3) is 0 Å². The molecule has 1 rings (SSSR count). The van der Waals surface area contributed by atoms with Crippen LogP contribution in [0.5, 0.6) is 0 Å². The van der Waals surface area contributed by atoms with Gasteiger partial charge >= 0.3 is 0 Å². The fraction of sp³-hybridized carbons (Fsp3) is 0.667. The molecular weight excluding hydrogens is 252 g/mol. The molecule has 2 N–H and O–H groups in total. The molecule has 0 fully saturated rings. The molecule has 0 aliphatic carbocycles. The number of rotatable bonds is 7. The van der Waals surface area contributed by atoms with Crippen molar-refractivity contribution in [2.45, 2.75) is 59.4 Å². The molecule has 20 heavy (non-hydrogen) atoms. The number of amides is 1. The summed E-state index contributed by atoms with van der Waals surface area (Å²) in [6.07, 6.45) is 1.40. The molecule has 1 unspecified atom stereocenters. The van der Waals surface area contributed by atoms with Crippen molar-refractivity contribution in [1.29, 1.82) is 0 Å². The highest BCUT2D eigenvalue weighted by Crippen LogP contribution is 2.13. The first-order valence-electron chi connectivity index (χ1n) is 7.31. The summed E-state index contributed by atoms with van der Waals surface area (Å²) in [7, 11) is 0. The van der Waals surface area contributed by atoms with Gasteiger partial charge in [-0.2, -0.15) is 0 Å². The number of anilines is 1. The van der Waals surface area contributed by atoms with E-state index in [9.17, 15) is 4.79 Å². The van der Waals surface area contributed by atoms with Gasteiger partial charge in [-0.05, 0) is 20.3 Å². The van der Waals surface area contributed by atoms with Crippen LogP contribution in [0.1, 0.15) is 58.0 Å². The molecule has 0 saturated carbocycles. The number of carbonyl (C=O) groups excluding carboxylic acids is 1. The summed E-state index contributed by atoms with van der Waals surface area (Å²) in [5.41, 5.74) is 0.940. The van der Waals surface area contributed by atoms with Crippen molar-refractivity contribution < 1.29 is 4.79 Å². The van der Waals surface area contributed by atoms with Crippen molar-refractivity contribution in [1.82, 2.24) is 15.3 Å². The highest BCUT2D eigenvalue weighted by atomic mass is 16.1. The van der Waals surface area contributed by atoms with E-state index < -0.39 is 0 Å². The first-order valence-corrected chi connectivity index (χ1v) is 7.31. The van der Waals surface area contributed by atoms with E-state index in [1.54, 1.807) is 0 Å². The highest BCUT2D eigenvalue weighted by Gasteiger charge is 2.07. The van der Waals surface area contributed by atoms with E-state index in [4.69, 9.17) is 0 Å². The Morgan fingerprint density at radius 3 is 2.60 bits per heavy atom. The lowest BCUT2D eigenvalue weighted by Gasteiger charge is -2.12. The molecule has 112 valence electrons. The molecule has 1 aromatic rings. The van der Waals surface area contributed by atoms with Gasteiger partial charge in [0.2, 0.25) is 5.91 Å². The Hall–Kier alpha value is -1.65. The number of aryl methyl sites for hydroxylation is 1. The molecule has 5 nitrogen and oxygen atoms in total. The molecule has 0 bridgehead atoms. The third-order valence-corrected chi connectivity index (χ3v) is 3.07. The van der Waals surface area contributed by atoms with Gasteiger partial charge in [0.25, 0.3) is 0 Å². The molecule has 1 aromatic heterocycles. The van der Waals surface area contributed by atoms with Crippen LogP contribution in [0.4, 0.5) is 5.82 Å². The summed E-state index contributed by atoms with van der Waals surface area (Å²) in [5, 5.41) is 6.14. The average molecular weight is 278 g/mol. The van der Waals surface area contributed by atoms with E-state index in [0.717, 1.165) is 23.8 Å². The third-order valence-electron chi connectivity index (χ3n) is 3.07. The quantitative estimate of drug-likeness (QED) is 0.804. The first kappa shape index (κ1) is 16.4. The zero-order chi connectivity index (χ0) is 15.1. The lowest BCUT2D eigenvalue weighted by atomic mass is 10.2. The van der Waals surface area contributed by atoms with E-state index in [1.807, 2.05) is 19.9 Å². The molecule has 1 heterocycles. The summed E-state index contributed by atoms with van der Waals surface area (Å²) in [4.78, 5) is 20.5. The number of hydrogen-bond acceptors (Lipinski definition) is 4. The lowest BCUT2D eigenvalue weighted by Crippen LogP contribution is -2.33. The van der Waals surface area contributed by atoms with Crippen LogP contribution < -0.4 is 10.6 Å². The van der Waals surface area contributed by atoms with Crippen LogP contribution >= 0.6 is 0 Å². The molecule has 0 spiro atoms. The molecule has 1 atom stereocenters. The Kier molecular flexibility index (Phi) is 6.42. The monoisotopic (exact) mass is 278 g/mol. The number of aromatic nitrogens is 2. The predicted octanol–water partition coefficient (Wildman–Crippen LogP) is 2.63. The van der Waals surface area contributed by atoms with E-state index >= 15 is 0 Å². The zero-order valence-corrected chi connectivity index (χ0v) is 13.2. The number of nitrogens with zero attached hydrogens (tertiary/aromatic N) is 2. The Morgan fingerprint density at radius 1 is 1.30 bits per heavy atom. The highest BCUT2D eigenvalue weighted by molar-refractivity contribution is 5.76. The molecule has 1 amide bonds. The van der Waals surface area contributed by atoms with Crippen molar-refractivity contribution >= 4 is 11.7 Å². The van der Waals surface area contributed by atoms with Gasteiger partial charge in [0.15, 0.2) is 0 Å². The van der Waals surface area contributed by atoms with E-state index in [2.05, 4.69) is 41.4 Å². The Balaban J connectivity index is 2.48. The van der Waals surface area contributed by atoms with Crippen LogP contribution in [0.3, 0.4) is 0 Å². The van der Waals surface area contributed by atoms with E-state index in [0.29, 0.717) is 18.9 Å². The van der Waals surface area contributed by atoms with Gasteiger partial charge in [-0.15, -0.1) is 0 Å². The molecule has 0 saturated heterocycles. The number of carbonyl (C=O) groups is 1. The van der Waals surface area contributed by atoms with Crippen LogP contribution in [0.15, 0.2) is 6.07 Å². The normalized spacial score (nSPS) is 12.3. The third kappa shape index (κ3) is 5.55. The molecule has 0 aromatic carbocycles. The van der Waals surface area contributed by atoms with Crippen LogP contribution in [-0.2, 0) is 4.79 Å². The second kappa shape index (κ2) is 7.82. The summed E-state index contributed by atoms with van der Waals surface area (Å²) >= 11 is 0. The fourth-order valence-electron chi connectivity index (χ4n) is 1.69. The lowest BCUT2D eigenvalue weighted by molar-refractivity contribution is -0.121. The van der Waals surface area contributed by atoms with Gasteiger partial charge < -0.3 is 10.6 Å². The maximum absolute atomic E-state index is 11.7. The van der Waals surface area contributed by atoms with Gasteiger partial charge in [0, 0.05) is 36.7 Å². The largest absolute Gasteiger partial charge is 0.369 e. The average Bonchev–Trinajstić information content (AvgIpc) is 2.37. The zero-order valence-electron chi connectivity index (χ0n) is 13.2. The summed E-state index contributed by atoms with van der Waals surface area (Å²) in [6, 6.07) is 2.13. The minimum absolute atomic E-state index is 0.0710. The Labute approximate surface area is 121 Å². The molecule has 0 aliphatic rings. The molecule has 5 heteroatoms. The number of hydrogen-bond donors (Lipinski definition) is 2. The van der Waals surface area contributed by atoms with Gasteiger partial charge in [0.05, 0.1) is 0 Å². The summed E-state index contributed by atoms with van der Waals surface area (Å²) in [5.74, 6) is 1.99. The molecule has 0 aliphatic heterocycles. The van der Waals surface area contributed by atoms with E-state index in [1.165, 1.54) is 0 Å². The van der Waals surface area contributed by atoms with Crippen molar-refractivity contribution in [2.75, 3.05) is 11.9 Å². The topological polar surface area (TPSA) is 66.9 Å². The predicted molar refractivity (Wildman–Crippen MR) is 81.9 cm³/mol. The minimum atomic E-state index is 0.0710. The van der Waals surface area contributed by atoms with Gasteiger partial charge in [-0.3, -0.25) is 4.79 Å².